The molecule has 30 heavy (non-hydrogen) atoms. The van der Waals surface area contributed by atoms with Gasteiger partial charge in [-0.3, -0.25) is 9.78 Å². The van der Waals surface area contributed by atoms with Crippen molar-refractivity contribution in [3.8, 4) is 0 Å². The molecule has 0 unspecified atom stereocenters. The van der Waals surface area contributed by atoms with Crippen LogP contribution in [0.5, 0.6) is 0 Å². The predicted octanol–water partition coefficient (Wildman–Crippen LogP) is 1.62. The minimum Gasteiger partial charge on any atom is -0.465 e. The van der Waals surface area contributed by atoms with Gasteiger partial charge in [-0.2, -0.15) is 4.31 Å². The molecule has 1 amide bonds. The van der Waals surface area contributed by atoms with Gasteiger partial charge in [-0.05, 0) is 31.6 Å². The Morgan fingerprint density at radius 2 is 1.87 bits per heavy atom. The topological polar surface area (TPSA) is 110 Å². The highest BCUT2D eigenvalue weighted by Crippen LogP contribution is 2.30. The van der Waals surface area contributed by atoms with Gasteiger partial charge in [0.15, 0.2) is 0 Å². The van der Waals surface area contributed by atoms with Crippen molar-refractivity contribution in [3.63, 3.8) is 0 Å². The van der Waals surface area contributed by atoms with Crippen LogP contribution in [-0.4, -0.2) is 67.8 Å². The van der Waals surface area contributed by atoms with Crippen molar-refractivity contribution in [2.45, 2.75) is 18.7 Å². The molecule has 0 spiro atoms. The van der Waals surface area contributed by atoms with Gasteiger partial charge >= 0.3 is 5.97 Å². The molecule has 0 atom stereocenters. The Hall–Kier alpha value is -2.98. The average Bonchev–Trinajstić information content (AvgIpc) is 3.06. The van der Waals surface area contributed by atoms with Crippen LogP contribution in [0.2, 0.25) is 0 Å². The Labute approximate surface area is 175 Å². The van der Waals surface area contributed by atoms with Crippen LogP contribution < -0.4 is 0 Å². The average molecular weight is 433 g/mol. The zero-order valence-electron chi connectivity index (χ0n) is 17.0. The Morgan fingerprint density at radius 1 is 1.17 bits per heavy atom. The van der Waals surface area contributed by atoms with E-state index in [-0.39, 0.29) is 54.1 Å². The number of aromatic nitrogens is 1. The monoisotopic (exact) mass is 433 g/mol. The van der Waals surface area contributed by atoms with E-state index in [2.05, 4.69) is 4.98 Å². The first-order valence-corrected chi connectivity index (χ1v) is 10.7. The molecule has 3 rings (SSSR count). The van der Waals surface area contributed by atoms with Crippen LogP contribution in [0.1, 0.15) is 27.4 Å². The second-order valence-electron chi connectivity index (χ2n) is 6.76. The molecule has 0 aliphatic carbocycles. The number of ether oxygens (including phenoxy) is 1. The normalized spacial score (nSPS) is 15.5. The van der Waals surface area contributed by atoms with Gasteiger partial charge in [0.1, 0.15) is 22.0 Å². The number of pyridine rings is 1. The lowest BCUT2D eigenvalue weighted by Gasteiger charge is -2.33. The first-order chi connectivity index (χ1) is 14.3. The maximum Gasteiger partial charge on any atom is 0.342 e. The van der Waals surface area contributed by atoms with Crippen molar-refractivity contribution in [1.29, 1.82) is 0 Å². The summed E-state index contributed by atoms with van der Waals surface area (Å²) < 4.78 is 37.7. The summed E-state index contributed by atoms with van der Waals surface area (Å²) in [5.74, 6) is -0.656. The summed E-state index contributed by atoms with van der Waals surface area (Å²) in [5.41, 5.74) is 0.709. The fourth-order valence-corrected chi connectivity index (χ4v) is 5.13. The molecular weight excluding hydrogens is 410 g/mol. The lowest BCUT2D eigenvalue weighted by molar-refractivity contribution is -0.127. The van der Waals surface area contributed by atoms with Gasteiger partial charge in [0.05, 0.1) is 7.11 Å². The third kappa shape index (κ3) is 4.29. The Morgan fingerprint density at radius 3 is 2.47 bits per heavy atom. The van der Waals surface area contributed by atoms with E-state index in [1.54, 1.807) is 29.4 Å². The summed E-state index contributed by atoms with van der Waals surface area (Å²) in [6.07, 6.45) is 6.40. The fourth-order valence-electron chi connectivity index (χ4n) is 3.34. The van der Waals surface area contributed by atoms with E-state index in [1.807, 2.05) is 6.07 Å². The van der Waals surface area contributed by atoms with Crippen molar-refractivity contribution < 1.29 is 27.2 Å². The molecule has 0 saturated carbocycles. The van der Waals surface area contributed by atoms with Crippen LogP contribution in [-0.2, 0) is 19.6 Å². The van der Waals surface area contributed by atoms with E-state index in [4.69, 9.17) is 9.15 Å². The number of hydrogen-bond donors (Lipinski definition) is 0. The van der Waals surface area contributed by atoms with Gasteiger partial charge in [-0.15, -0.1) is 0 Å². The van der Waals surface area contributed by atoms with Crippen LogP contribution in [0.15, 0.2) is 39.9 Å². The summed E-state index contributed by atoms with van der Waals surface area (Å²) in [6.45, 7) is 3.70. The molecule has 160 valence electrons. The number of piperazine rings is 1. The van der Waals surface area contributed by atoms with E-state index >= 15 is 0 Å². The first kappa shape index (κ1) is 21.7. The molecule has 2 aromatic heterocycles. The highest BCUT2D eigenvalue weighted by molar-refractivity contribution is 7.89. The number of methoxy groups -OCH3 is 1. The number of rotatable bonds is 5. The fraction of sp³-hybridized carbons (Fsp3) is 0.350. The van der Waals surface area contributed by atoms with Gasteiger partial charge < -0.3 is 14.1 Å². The molecule has 0 bridgehead atoms. The summed E-state index contributed by atoms with van der Waals surface area (Å²) in [5, 5.41) is 0. The van der Waals surface area contributed by atoms with E-state index < -0.39 is 16.0 Å². The van der Waals surface area contributed by atoms with Gasteiger partial charge in [-0.25, -0.2) is 13.2 Å². The standard InChI is InChI=1S/C20H23N3O6S/c1-14-18(20(25)28-3)19(15(2)29-14)30(26,27)23-11-9-22(10-12-23)17(24)7-6-16-5-4-8-21-13-16/h4-8,13H,9-12H2,1-3H3/b7-6+. The number of esters is 1. The highest BCUT2D eigenvalue weighted by Gasteiger charge is 2.37. The maximum atomic E-state index is 13.2. The van der Waals surface area contributed by atoms with Crippen molar-refractivity contribution in [3.05, 3.63) is 53.2 Å². The van der Waals surface area contributed by atoms with Crippen molar-refractivity contribution in [2.24, 2.45) is 0 Å². The molecule has 1 aliphatic rings. The molecule has 0 radical (unpaired) electrons. The Kier molecular flexibility index (Phi) is 6.37. The van der Waals surface area contributed by atoms with E-state index in [9.17, 15) is 18.0 Å². The minimum atomic E-state index is -3.99. The lowest BCUT2D eigenvalue weighted by atomic mass is 10.2. The number of aryl methyl sites for hydroxylation is 2. The summed E-state index contributed by atoms with van der Waals surface area (Å²) in [6, 6.07) is 3.60. The maximum absolute atomic E-state index is 13.2. The molecule has 1 fully saturated rings. The predicted molar refractivity (Wildman–Crippen MR) is 108 cm³/mol. The van der Waals surface area contributed by atoms with Crippen molar-refractivity contribution in [2.75, 3.05) is 33.3 Å². The quantitative estimate of drug-likeness (QED) is 0.520. The van der Waals surface area contributed by atoms with Crippen LogP contribution in [0.3, 0.4) is 0 Å². The second kappa shape index (κ2) is 8.80. The number of carbonyl (C=O) groups excluding carboxylic acids is 2. The first-order valence-electron chi connectivity index (χ1n) is 9.31. The molecule has 9 nitrogen and oxygen atoms in total. The zero-order valence-corrected chi connectivity index (χ0v) is 17.8. The molecule has 3 heterocycles. The number of nitrogens with zero attached hydrogens (tertiary/aromatic N) is 3. The molecule has 10 heteroatoms. The summed E-state index contributed by atoms with van der Waals surface area (Å²) in [4.78, 5) is 29.9. The van der Waals surface area contributed by atoms with Crippen LogP contribution >= 0.6 is 0 Å². The molecule has 1 aliphatic heterocycles. The summed E-state index contributed by atoms with van der Waals surface area (Å²) in [7, 11) is -2.80. The smallest absolute Gasteiger partial charge is 0.342 e. The van der Waals surface area contributed by atoms with Crippen LogP contribution in [0.4, 0.5) is 0 Å². The molecule has 1 saturated heterocycles. The largest absolute Gasteiger partial charge is 0.465 e. The van der Waals surface area contributed by atoms with Gasteiger partial charge in [-0.1, -0.05) is 6.07 Å². The van der Waals surface area contributed by atoms with Crippen molar-refractivity contribution in [1.82, 2.24) is 14.2 Å². The van der Waals surface area contributed by atoms with E-state index in [1.165, 1.54) is 31.3 Å². The molecular formula is C20H23N3O6S. The minimum absolute atomic E-state index is 0.0899. The highest BCUT2D eigenvalue weighted by atomic mass is 32.2. The molecule has 2 aromatic rings. The number of sulfonamides is 1. The SMILES string of the molecule is COC(=O)c1c(C)oc(C)c1S(=O)(=O)N1CCN(C(=O)/C=C/c2cccnc2)CC1. The molecule has 0 aromatic carbocycles. The van der Waals surface area contributed by atoms with Gasteiger partial charge in [0.2, 0.25) is 15.9 Å². The summed E-state index contributed by atoms with van der Waals surface area (Å²) >= 11 is 0. The third-order valence-corrected chi connectivity index (χ3v) is 6.90. The lowest BCUT2D eigenvalue weighted by Crippen LogP contribution is -2.50. The van der Waals surface area contributed by atoms with Gasteiger partial charge in [0.25, 0.3) is 0 Å². The van der Waals surface area contributed by atoms with Crippen molar-refractivity contribution >= 4 is 28.0 Å². The number of carbonyl (C=O) groups is 2. The second-order valence-corrected chi connectivity index (χ2v) is 8.63. The number of hydrogen-bond acceptors (Lipinski definition) is 7. The molecule has 0 N–H and O–H groups in total. The number of furan rings is 1. The van der Waals surface area contributed by atoms with Crippen LogP contribution in [0, 0.1) is 13.8 Å². The number of amides is 1. The zero-order chi connectivity index (χ0) is 21.9. The van der Waals surface area contributed by atoms with E-state index in [0.29, 0.717) is 0 Å². The Bertz CT molecular complexity index is 1070. The van der Waals surface area contributed by atoms with Gasteiger partial charge in [0, 0.05) is 44.6 Å². The van der Waals surface area contributed by atoms with Crippen LogP contribution in [0.25, 0.3) is 6.08 Å². The Balaban J connectivity index is 1.73. The third-order valence-electron chi connectivity index (χ3n) is 4.85. The van der Waals surface area contributed by atoms with E-state index in [0.717, 1.165) is 5.56 Å².